The molecule has 2 aliphatic carbocycles. The summed E-state index contributed by atoms with van der Waals surface area (Å²) in [6.07, 6.45) is 20.4. The Balaban J connectivity index is 2.12. The van der Waals surface area contributed by atoms with Crippen LogP contribution in [0.2, 0.25) is 0 Å². The molecule has 2 saturated carbocycles. The van der Waals surface area contributed by atoms with Crippen molar-refractivity contribution in [2.75, 3.05) is 0 Å². The number of hydrogen-bond acceptors (Lipinski definition) is 0. The van der Waals surface area contributed by atoms with Crippen molar-refractivity contribution in [2.45, 2.75) is 102 Å². The van der Waals surface area contributed by atoms with Gasteiger partial charge >= 0.3 is 0 Å². The lowest BCUT2D eigenvalue weighted by atomic mass is 9.99. The molecule has 0 amide bonds. The fourth-order valence-electron chi connectivity index (χ4n) is 4.15. The van der Waals surface area contributed by atoms with E-state index >= 15 is 0 Å². The molecule has 0 aromatic rings. The van der Waals surface area contributed by atoms with Crippen molar-refractivity contribution >= 4 is 7.92 Å². The van der Waals surface area contributed by atoms with Crippen LogP contribution in [-0.2, 0) is 0 Å². The minimum Gasteiger partial charge on any atom is -0.0811 e. The van der Waals surface area contributed by atoms with Crippen LogP contribution in [0.1, 0.15) is 90.9 Å². The van der Waals surface area contributed by atoms with Crippen LogP contribution in [0, 0.1) is 0 Å². The third kappa shape index (κ3) is 4.32. The maximum Gasteiger partial charge on any atom is -0.0170 e. The molecule has 0 spiro atoms. The Labute approximate surface area is 122 Å². The highest BCUT2D eigenvalue weighted by Crippen LogP contribution is 2.61. The van der Waals surface area contributed by atoms with E-state index in [4.69, 9.17) is 0 Å². The highest BCUT2D eigenvalue weighted by molar-refractivity contribution is 7.63. The summed E-state index contributed by atoms with van der Waals surface area (Å²) in [4.78, 5) is 0. The predicted octanol–water partition coefficient (Wildman–Crippen LogP) is 6.84. The molecule has 2 rings (SSSR count). The predicted molar refractivity (Wildman–Crippen MR) is 89.3 cm³/mol. The smallest absolute Gasteiger partial charge is 0.0170 e. The van der Waals surface area contributed by atoms with E-state index in [-0.39, 0.29) is 7.92 Å². The standard InChI is InChI=1S/C18H33P/c1-3-11-16(4-2)19(17-12-7-5-8-13-17)18-14-9-6-10-15-18/h11,17-18H,3-10,12-15H2,1-2H3. The Morgan fingerprint density at radius 1 is 0.842 bits per heavy atom. The molecule has 2 aliphatic rings. The topological polar surface area (TPSA) is 0 Å². The second kappa shape index (κ2) is 8.46. The summed E-state index contributed by atoms with van der Waals surface area (Å²) in [5.41, 5.74) is 2.18. The second-order valence-corrected chi connectivity index (χ2v) is 9.30. The summed E-state index contributed by atoms with van der Waals surface area (Å²) >= 11 is 0. The molecule has 0 aromatic heterocycles. The van der Waals surface area contributed by atoms with E-state index in [2.05, 4.69) is 19.9 Å². The molecular formula is C18H33P. The van der Waals surface area contributed by atoms with E-state index in [0.717, 1.165) is 11.3 Å². The van der Waals surface area contributed by atoms with Crippen molar-refractivity contribution in [1.29, 1.82) is 0 Å². The van der Waals surface area contributed by atoms with Gasteiger partial charge in [0.1, 0.15) is 0 Å². The average molecular weight is 280 g/mol. The summed E-state index contributed by atoms with van der Waals surface area (Å²) in [6, 6.07) is 0. The molecule has 0 unspecified atom stereocenters. The second-order valence-electron chi connectivity index (χ2n) is 6.45. The van der Waals surface area contributed by atoms with E-state index in [9.17, 15) is 0 Å². The first-order valence-corrected chi connectivity index (χ1v) is 10.3. The Morgan fingerprint density at radius 3 is 1.68 bits per heavy atom. The molecule has 2 fully saturated rings. The van der Waals surface area contributed by atoms with Crippen molar-refractivity contribution < 1.29 is 0 Å². The highest BCUT2D eigenvalue weighted by Gasteiger charge is 2.32. The van der Waals surface area contributed by atoms with Gasteiger partial charge in [0.25, 0.3) is 0 Å². The molecule has 0 aromatic carbocycles. The van der Waals surface area contributed by atoms with Crippen LogP contribution in [0.15, 0.2) is 11.4 Å². The highest BCUT2D eigenvalue weighted by atomic mass is 31.1. The molecule has 0 bridgehead atoms. The van der Waals surface area contributed by atoms with E-state index in [1.54, 1.807) is 25.7 Å². The fraction of sp³-hybridized carbons (Fsp3) is 0.889. The van der Waals surface area contributed by atoms with Crippen LogP contribution in [-0.4, -0.2) is 11.3 Å². The van der Waals surface area contributed by atoms with E-state index in [1.807, 2.05) is 5.31 Å². The molecule has 110 valence electrons. The molecule has 0 heterocycles. The maximum absolute atomic E-state index is 2.61. The molecule has 0 saturated heterocycles. The van der Waals surface area contributed by atoms with Crippen molar-refractivity contribution in [2.24, 2.45) is 0 Å². The summed E-state index contributed by atoms with van der Waals surface area (Å²) in [6.45, 7) is 4.73. The summed E-state index contributed by atoms with van der Waals surface area (Å²) < 4.78 is 0. The SMILES string of the molecule is CCC=C(CC)P(C1CCCCC1)C1CCCCC1. The molecule has 0 nitrogen and oxygen atoms in total. The van der Waals surface area contributed by atoms with Gasteiger partial charge in [0.2, 0.25) is 0 Å². The molecule has 0 atom stereocenters. The van der Waals surface area contributed by atoms with Gasteiger partial charge < -0.3 is 0 Å². The van der Waals surface area contributed by atoms with Crippen molar-refractivity contribution in [3.63, 3.8) is 0 Å². The molecule has 0 radical (unpaired) electrons. The number of rotatable bonds is 5. The van der Waals surface area contributed by atoms with Gasteiger partial charge in [-0.1, -0.05) is 66.4 Å². The Bertz CT molecular complexity index is 251. The van der Waals surface area contributed by atoms with Crippen LogP contribution in [0.4, 0.5) is 0 Å². The average Bonchev–Trinajstić information content (AvgIpc) is 2.49. The van der Waals surface area contributed by atoms with Gasteiger partial charge in [0, 0.05) is 0 Å². The lowest BCUT2D eigenvalue weighted by Gasteiger charge is -2.40. The zero-order chi connectivity index (χ0) is 13.5. The first-order chi connectivity index (χ1) is 9.36. The Kier molecular flexibility index (Phi) is 6.92. The largest absolute Gasteiger partial charge is 0.0811 e. The third-order valence-electron chi connectivity index (χ3n) is 5.07. The van der Waals surface area contributed by atoms with Gasteiger partial charge in [-0.25, -0.2) is 0 Å². The van der Waals surface area contributed by atoms with E-state index in [0.29, 0.717) is 0 Å². The fourth-order valence-corrected chi connectivity index (χ4v) is 8.29. The van der Waals surface area contributed by atoms with E-state index in [1.165, 1.54) is 51.4 Å². The molecule has 0 N–H and O–H groups in total. The molecule has 0 aliphatic heterocycles. The van der Waals surface area contributed by atoms with E-state index < -0.39 is 0 Å². The lowest BCUT2D eigenvalue weighted by Crippen LogP contribution is -2.21. The number of allylic oxidation sites excluding steroid dienone is 2. The summed E-state index contributed by atoms with van der Waals surface area (Å²) in [7, 11) is 0.195. The van der Waals surface area contributed by atoms with Crippen molar-refractivity contribution in [3.05, 3.63) is 11.4 Å². The quantitative estimate of drug-likeness (QED) is 0.484. The normalized spacial score (nSPS) is 24.1. The molecule has 19 heavy (non-hydrogen) atoms. The minimum absolute atomic E-state index is 0.195. The van der Waals surface area contributed by atoms with Crippen LogP contribution < -0.4 is 0 Å². The third-order valence-corrected chi connectivity index (χ3v) is 8.84. The van der Waals surface area contributed by atoms with Gasteiger partial charge in [-0.05, 0) is 55.2 Å². The molecular weight excluding hydrogens is 247 g/mol. The first kappa shape index (κ1) is 15.6. The van der Waals surface area contributed by atoms with Gasteiger partial charge in [-0.3, -0.25) is 0 Å². The van der Waals surface area contributed by atoms with Crippen LogP contribution in [0.25, 0.3) is 0 Å². The lowest BCUT2D eigenvalue weighted by molar-refractivity contribution is 0.485. The maximum atomic E-state index is 2.61. The van der Waals surface area contributed by atoms with Crippen molar-refractivity contribution in [3.8, 4) is 0 Å². The molecule has 1 heteroatoms. The first-order valence-electron chi connectivity index (χ1n) is 8.84. The summed E-state index contributed by atoms with van der Waals surface area (Å²) in [5, 5.41) is 1.89. The zero-order valence-electron chi connectivity index (χ0n) is 13.2. The van der Waals surface area contributed by atoms with Gasteiger partial charge in [-0.2, -0.15) is 0 Å². The number of hydrogen-bond donors (Lipinski definition) is 0. The summed E-state index contributed by atoms with van der Waals surface area (Å²) in [5.74, 6) is 0. The van der Waals surface area contributed by atoms with Crippen LogP contribution >= 0.6 is 7.92 Å². The van der Waals surface area contributed by atoms with Gasteiger partial charge in [-0.15, -0.1) is 0 Å². The van der Waals surface area contributed by atoms with Gasteiger partial charge in [0.05, 0.1) is 0 Å². The zero-order valence-corrected chi connectivity index (χ0v) is 14.1. The Hall–Kier alpha value is 0.170. The monoisotopic (exact) mass is 280 g/mol. The van der Waals surface area contributed by atoms with Crippen LogP contribution in [0.3, 0.4) is 0 Å². The van der Waals surface area contributed by atoms with Crippen molar-refractivity contribution in [1.82, 2.24) is 0 Å². The van der Waals surface area contributed by atoms with Gasteiger partial charge in [0.15, 0.2) is 0 Å². The van der Waals surface area contributed by atoms with Crippen LogP contribution in [0.5, 0.6) is 0 Å². The Morgan fingerprint density at radius 2 is 1.32 bits per heavy atom. The minimum atomic E-state index is 0.195.